The summed E-state index contributed by atoms with van der Waals surface area (Å²) in [5.74, 6) is 0.466. The highest BCUT2D eigenvalue weighted by Crippen LogP contribution is 2.41. The van der Waals surface area contributed by atoms with Crippen molar-refractivity contribution in [1.29, 1.82) is 0 Å². The number of likely N-dealkylation sites (N-methyl/N-ethyl adjacent to an activating group) is 1. The van der Waals surface area contributed by atoms with Gasteiger partial charge in [0, 0.05) is 0 Å². The van der Waals surface area contributed by atoms with Gasteiger partial charge in [-0.15, -0.1) is 0 Å². The van der Waals surface area contributed by atoms with Crippen molar-refractivity contribution in [1.82, 2.24) is 5.32 Å². The first-order valence-corrected chi connectivity index (χ1v) is 11.7. The number of allylic oxidation sites excluding steroid dienone is 1. The van der Waals surface area contributed by atoms with Crippen molar-refractivity contribution in [2.45, 2.75) is 64.6 Å². The molecule has 1 saturated carbocycles. The van der Waals surface area contributed by atoms with Gasteiger partial charge in [-0.2, -0.15) is 21.6 Å². The van der Waals surface area contributed by atoms with Crippen molar-refractivity contribution in [3.63, 3.8) is 0 Å². The molecule has 1 fully saturated rings. The molecule has 1 aromatic carbocycles. The highest BCUT2D eigenvalue weighted by molar-refractivity contribution is 7.86. The van der Waals surface area contributed by atoms with E-state index in [-0.39, 0.29) is 5.75 Å². The standard InChI is InChI=1S/C21H30F3NO4S/c1-14-11-17(28-13-21(22,23)24)12-15(2)18(14)16(3)19(29-30(5,26)27)20(25-4)9-7-6-8-10-20/h11-12,25H,6-10,13H2,1-5H3/b19-16-. The Morgan fingerprint density at radius 3 is 2.10 bits per heavy atom. The predicted molar refractivity (Wildman–Crippen MR) is 111 cm³/mol. The summed E-state index contributed by atoms with van der Waals surface area (Å²) in [4.78, 5) is 0. The fraction of sp³-hybridized carbons (Fsp3) is 0.619. The van der Waals surface area contributed by atoms with E-state index in [4.69, 9.17) is 8.92 Å². The average Bonchev–Trinajstić information content (AvgIpc) is 2.63. The summed E-state index contributed by atoms with van der Waals surface area (Å²) in [7, 11) is -1.99. The molecule has 1 aromatic rings. The third-order valence-corrected chi connectivity index (χ3v) is 5.95. The molecule has 0 amide bonds. The Bertz CT molecular complexity index is 878. The van der Waals surface area contributed by atoms with Gasteiger partial charge >= 0.3 is 16.3 Å². The number of rotatable bonds is 7. The first-order valence-electron chi connectivity index (χ1n) is 9.89. The zero-order valence-electron chi connectivity index (χ0n) is 18.1. The van der Waals surface area contributed by atoms with E-state index in [2.05, 4.69) is 5.32 Å². The van der Waals surface area contributed by atoms with Crippen LogP contribution >= 0.6 is 0 Å². The van der Waals surface area contributed by atoms with Gasteiger partial charge in [-0.25, -0.2) is 0 Å². The van der Waals surface area contributed by atoms with Crippen LogP contribution in [0.4, 0.5) is 13.2 Å². The summed E-state index contributed by atoms with van der Waals surface area (Å²) in [5.41, 5.74) is 2.14. The molecule has 0 atom stereocenters. The summed E-state index contributed by atoms with van der Waals surface area (Å²) in [5, 5.41) is 3.28. The van der Waals surface area contributed by atoms with E-state index in [9.17, 15) is 21.6 Å². The van der Waals surface area contributed by atoms with E-state index in [1.165, 1.54) is 12.1 Å². The van der Waals surface area contributed by atoms with Crippen LogP contribution in [0.3, 0.4) is 0 Å². The van der Waals surface area contributed by atoms with Gasteiger partial charge < -0.3 is 14.2 Å². The van der Waals surface area contributed by atoms with E-state index >= 15 is 0 Å². The molecule has 1 N–H and O–H groups in total. The van der Waals surface area contributed by atoms with Crippen LogP contribution in [0.5, 0.6) is 5.75 Å². The Morgan fingerprint density at radius 1 is 1.13 bits per heavy atom. The Hall–Kier alpha value is -1.74. The number of benzene rings is 1. The van der Waals surface area contributed by atoms with Crippen molar-refractivity contribution in [2.75, 3.05) is 19.9 Å². The number of alkyl halides is 3. The minimum atomic E-state index is -4.42. The molecule has 0 saturated heterocycles. The molecular weight excluding hydrogens is 419 g/mol. The van der Waals surface area contributed by atoms with E-state index < -0.39 is 28.4 Å². The van der Waals surface area contributed by atoms with Gasteiger partial charge in [0.05, 0.1) is 11.8 Å². The molecule has 9 heteroatoms. The third kappa shape index (κ3) is 6.14. The van der Waals surface area contributed by atoms with Crippen LogP contribution in [0, 0.1) is 13.8 Å². The Kier molecular flexibility index (Phi) is 7.50. The zero-order valence-corrected chi connectivity index (χ0v) is 18.9. The third-order valence-electron chi connectivity index (χ3n) is 5.48. The molecule has 1 aliphatic rings. The SMILES string of the molecule is CNC1(/C(OS(C)(=O)=O)=C(\C)c2c(C)cc(OCC(F)(F)F)cc2C)CCCCC1. The summed E-state index contributed by atoms with van der Waals surface area (Å²) in [6.07, 6.45) is 0.998. The molecule has 2 rings (SSSR count). The first kappa shape index (κ1) is 24.5. The second-order valence-corrected chi connectivity index (χ2v) is 9.55. The van der Waals surface area contributed by atoms with Gasteiger partial charge in [-0.1, -0.05) is 19.3 Å². The van der Waals surface area contributed by atoms with Crippen molar-refractivity contribution in [3.8, 4) is 5.75 Å². The molecule has 0 aliphatic heterocycles. The van der Waals surface area contributed by atoms with E-state index in [0.717, 1.165) is 43.9 Å². The van der Waals surface area contributed by atoms with E-state index in [0.29, 0.717) is 22.5 Å². The smallest absolute Gasteiger partial charge is 0.422 e. The highest BCUT2D eigenvalue weighted by atomic mass is 32.2. The maximum absolute atomic E-state index is 12.5. The van der Waals surface area contributed by atoms with Crippen LogP contribution in [-0.2, 0) is 14.3 Å². The molecule has 170 valence electrons. The summed E-state index contributed by atoms with van der Waals surface area (Å²) >= 11 is 0. The van der Waals surface area contributed by atoms with Crippen molar-refractivity contribution in [2.24, 2.45) is 0 Å². The lowest BCUT2D eigenvalue weighted by molar-refractivity contribution is -0.153. The van der Waals surface area contributed by atoms with Gasteiger partial charge in [-0.3, -0.25) is 0 Å². The van der Waals surface area contributed by atoms with Gasteiger partial charge in [0.1, 0.15) is 11.5 Å². The molecule has 30 heavy (non-hydrogen) atoms. The second kappa shape index (κ2) is 9.18. The predicted octanol–water partition coefficient (Wildman–Crippen LogP) is 4.87. The lowest BCUT2D eigenvalue weighted by Crippen LogP contribution is -2.48. The number of ether oxygens (including phenoxy) is 1. The molecule has 0 bridgehead atoms. The number of hydrogen-bond acceptors (Lipinski definition) is 5. The second-order valence-electron chi connectivity index (χ2n) is 7.97. The van der Waals surface area contributed by atoms with Crippen LogP contribution < -0.4 is 10.1 Å². The quantitative estimate of drug-likeness (QED) is 0.475. The van der Waals surface area contributed by atoms with Crippen LogP contribution in [0.1, 0.15) is 55.7 Å². The first-order chi connectivity index (χ1) is 13.8. The minimum absolute atomic E-state index is 0.116. The van der Waals surface area contributed by atoms with Gasteiger partial charge in [0.15, 0.2) is 6.61 Å². The fourth-order valence-electron chi connectivity index (χ4n) is 4.28. The number of aryl methyl sites for hydroxylation is 2. The van der Waals surface area contributed by atoms with Crippen molar-refractivity contribution < 1.29 is 30.5 Å². The fourth-order valence-corrected chi connectivity index (χ4v) is 4.86. The molecule has 0 heterocycles. The molecule has 0 radical (unpaired) electrons. The van der Waals surface area contributed by atoms with E-state index in [1.54, 1.807) is 27.8 Å². The average molecular weight is 450 g/mol. The topological polar surface area (TPSA) is 64.6 Å². The summed E-state index contributed by atoms with van der Waals surface area (Å²) in [6, 6.07) is 3.06. The van der Waals surface area contributed by atoms with Gasteiger partial charge in [0.25, 0.3) is 0 Å². The van der Waals surface area contributed by atoms with Gasteiger partial charge in [0.2, 0.25) is 0 Å². The molecule has 1 aliphatic carbocycles. The minimum Gasteiger partial charge on any atom is -0.484 e. The number of nitrogens with one attached hydrogen (secondary N) is 1. The van der Waals surface area contributed by atoms with Crippen LogP contribution in [-0.4, -0.2) is 40.0 Å². The molecule has 0 spiro atoms. The van der Waals surface area contributed by atoms with Crippen LogP contribution in [0.15, 0.2) is 17.9 Å². The normalized spacial score (nSPS) is 18.0. The largest absolute Gasteiger partial charge is 0.484 e. The van der Waals surface area contributed by atoms with Crippen LogP contribution in [0.25, 0.3) is 5.57 Å². The monoisotopic (exact) mass is 449 g/mol. The lowest BCUT2D eigenvalue weighted by Gasteiger charge is -2.39. The molecular formula is C21H30F3NO4S. The lowest BCUT2D eigenvalue weighted by atomic mass is 9.77. The van der Waals surface area contributed by atoms with Gasteiger partial charge in [-0.05, 0) is 75.1 Å². The van der Waals surface area contributed by atoms with Crippen LogP contribution in [0.2, 0.25) is 0 Å². The molecule has 0 aromatic heterocycles. The van der Waals surface area contributed by atoms with Crippen molar-refractivity contribution >= 4 is 15.7 Å². The maximum atomic E-state index is 12.5. The summed E-state index contributed by atoms with van der Waals surface area (Å²) < 4.78 is 72.0. The number of hydrogen-bond donors (Lipinski definition) is 1. The molecule has 0 unspecified atom stereocenters. The van der Waals surface area contributed by atoms with Crippen molar-refractivity contribution in [3.05, 3.63) is 34.6 Å². The molecule has 5 nitrogen and oxygen atoms in total. The highest BCUT2D eigenvalue weighted by Gasteiger charge is 2.39. The summed E-state index contributed by atoms with van der Waals surface area (Å²) in [6.45, 7) is 3.94. The Morgan fingerprint density at radius 2 is 1.67 bits per heavy atom. The number of halogens is 3. The van der Waals surface area contributed by atoms with E-state index in [1.807, 2.05) is 0 Å². The zero-order chi connectivity index (χ0) is 22.7. The Balaban J connectivity index is 2.58. The Labute approximate surface area is 176 Å². The maximum Gasteiger partial charge on any atom is 0.422 e.